The molecule has 88 valence electrons. The van der Waals surface area contributed by atoms with Crippen LogP contribution >= 0.6 is 0 Å². The molecule has 1 aromatic heterocycles. The lowest BCUT2D eigenvalue weighted by molar-refractivity contribution is 0.0670. The van der Waals surface area contributed by atoms with E-state index in [4.69, 9.17) is 5.11 Å². The van der Waals surface area contributed by atoms with Crippen LogP contribution in [0, 0.1) is 0 Å². The highest BCUT2D eigenvalue weighted by Gasteiger charge is 2.28. The van der Waals surface area contributed by atoms with Crippen LogP contribution in [0.1, 0.15) is 22.5 Å². The average molecular weight is 239 g/mol. The van der Waals surface area contributed by atoms with E-state index >= 15 is 0 Å². The molecule has 0 atom stereocenters. The Kier molecular flexibility index (Phi) is 2.86. The summed E-state index contributed by atoms with van der Waals surface area (Å²) in [7, 11) is 0. The lowest BCUT2D eigenvalue weighted by Crippen LogP contribution is -2.01. The topological polar surface area (TPSA) is 63.3 Å². The summed E-state index contributed by atoms with van der Waals surface area (Å²) in [5, 5.41) is 12.3. The van der Waals surface area contributed by atoms with Crippen LogP contribution in [0.4, 0.5) is 8.78 Å². The summed E-state index contributed by atoms with van der Waals surface area (Å²) in [6.07, 6.45) is -3.01. The minimum Gasteiger partial charge on any atom is -0.477 e. The van der Waals surface area contributed by atoms with Crippen molar-refractivity contribution in [3.63, 3.8) is 0 Å². The zero-order valence-corrected chi connectivity index (χ0v) is 8.43. The first kappa shape index (κ1) is 11.3. The van der Waals surface area contributed by atoms with Gasteiger partial charge >= 0.3 is 5.97 Å². The van der Waals surface area contributed by atoms with E-state index in [1.807, 2.05) is 0 Å². The minimum absolute atomic E-state index is 0.0894. The van der Waals surface area contributed by atoms with Gasteiger partial charge in [0.15, 0.2) is 0 Å². The molecular weight excluding hydrogens is 232 g/mol. The van der Waals surface area contributed by atoms with Gasteiger partial charge in [0.25, 0.3) is 6.43 Å². The van der Waals surface area contributed by atoms with Crippen LogP contribution < -0.4 is 0 Å². The Bertz CT molecular complexity index is 537. The molecule has 0 amide bonds. The Labute approximate surface area is 94.5 Å². The van der Waals surface area contributed by atoms with Crippen LogP contribution in [0.15, 0.2) is 34.9 Å². The first-order chi connectivity index (χ1) is 8.11. The molecule has 0 saturated carbocycles. The molecule has 1 N–H and O–H groups in total. The van der Waals surface area contributed by atoms with Crippen LogP contribution in [0.25, 0.3) is 11.3 Å². The van der Waals surface area contributed by atoms with E-state index in [0.29, 0.717) is 5.56 Å². The van der Waals surface area contributed by atoms with Crippen molar-refractivity contribution in [1.82, 2.24) is 5.16 Å². The van der Waals surface area contributed by atoms with Crippen molar-refractivity contribution in [2.24, 2.45) is 0 Å². The molecule has 0 saturated heterocycles. The second-order valence-corrected chi connectivity index (χ2v) is 3.24. The third-order valence-electron chi connectivity index (χ3n) is 2.18. The Hall–Kier alpha value is -2.24. The number of benzene rings is 1. The van der Waals surface area contributed by atoms with Crippen molar-refractivity contribution in [3.05, 3.63) is 41.7 Å². The lowest BCUT2D eigenvalue weighted by Gasteiger charge is -1.98. The molecule has 0 unspecified atom stereocenters. The van der Waals surface area contributed by atoms with E-state index in [1.54, 1.807) is 30.3 Å². The standard InChI is InChI=1S/C11H7F2NO3/c12-10(13)9-7(11(15)16)8(14-17-9)6-4-2-1-3-5-6/h1-5,10H,(H,15,16). The summed E-state index contributed by atoms with van der Waals surface area (Å²) >= 11 is 0. The third-order valence-corrected chi connectivity index (χ3v) is 2.18. The highest BCUT2D eigenvalue weighted by Crippen LogP contribution is 2.31. The van der Waals surface area contributed by atoms with Crippen LogP contribution in [-0.2, 0) is 0 Å². The highest BCUT2D eigenvalue weighted by molar-refractivity contribution is 5.95. The molecule has 6 heteroatoms. The van der Waals surface area contributed by atoms with Crippen molar-refractivity contribution in [3.8, 4) is 11.3 Å². The van der Waals surface area contributed by atoms with Crippen molar-refractivity contribution in [1.29, 1.82) is 0 Å². The predicted molar refractivity (Wildman–Crippen MR) is 53.9 cm³/mol. The molecule has 0 spiro atoms. The Morgan fingerprint density at radius 2 is 1.94 bits per heavy atom. The molecule has 0 aliphatic carbocycles. The molecule has 1 heterocycles. The molecule has 0 bridgehead atoms. The zero-order chi connectivity index (χ0) is 12.4. The molecule has 1 aromatic carbocycles. The zero-order valence-electron chi connectivity index (χ0n) is 8.43. The van der Waals surface area contributed by atoms with Crippen molar-refractivity contribution < 1.29 is 23.2 Å². The van der Waals surface area contributed by atoms with Crippen LogP contribution in [0.2, 0.25) is 0 Å². The minimum atomic E-state index is -3.01. The Morgan fingerprint density at radius 3 is 2.47 bits per heavy atom. The Morgan fingerprint density at radius 1 is 1.29 bits per heavy atom. The average Bonchev–Trinajstić information content (AvgIpc) is 2.74. The monoisotopic (exact) mass is 239 g/mol. The van der Waals surface area contributed by atoms with Gasteiger partial charge in [-0.3, -0.25) is 0 Å². The number of carboxylic acid groups (broad SMARTS) is 1. The fourth-order valence-corrected chi connectivity index (χ4v) is 1.45. The molecule has 0 aliphatic rings. The molecule has 4 nitrogen and oxygen atoms in total. The quantitative estimate of drug-likeness (QED) is 0.894. The normalized spacial score (nSPS) is 10.8. The number of rotatable bonds is 3. The highest BCUT2D eigenvalue weighted by atomic mass is 19.3. The number of hydrogen-bond acceptors (Lipinski definition) is 3. The second kappa shape index (κ2) is 4.32. The van der Waals surface area contributed by atoms with Gasteiger partial charge in [0, 0.05) is 5.56 Å². The number of carboxylic acids is 1. The first-order valence-electron chi connectivity index (χ1n) is 4.67. The predicted octanol–water partition coefficient (Wildman–Crippen LogP) is 2.98. The van der Waals surface area contributed by atoms with Crippen LogP contribution in [-0.4, -0.2) is 16.2 Å². The maximum absolute atomic E-state index is 12.5. The Balaban J connectivity index is 2.60. The number of halogens is 2. The van der Waals surface area contributed by atoms with Gasteiger partial charge in [0.1, 0.15) is 11.3 Å². The number of aromatic nitrogens is 1. The summed E-state index contributed by atoms with van der Waals surface area (Å²) in [6, 6.07) is 8.16. The summed E-state index contributed by atoms with van der Waals surface area (Å²) in [5.74, 6) is -2.41. The number of aromatic carboxylic acids is 1. The van der Waals surface area contributed by atoms with E-state index in [0.717, 1.165) is 0 Å². The molecule has 0 radical (unpaired) electrons. The maximum Gasteiger partial charge on any atom is 0.341 e. The summed E-state index contributed by atoms with van der Waals surface area (Å²) in [6.45, 7) is 0. The third kappa shape index (κ3) is 2.01. The van der Waals surface area contributed by atoms with Crippen LogP contribution in [0.3, 0.4) is 0 Å². The van der Waals surface area contributed by atoms with Gasteiger partial charge in [-0.15, -0.1) is 0 Å². The second-order valence-electron chi connectivity index (χ2n) is 3.24. The molecule has 2 rings (SSSR count). The molecular formula is C11H7F2NO3. The van der Waals surface area contributed by atoms with Crippen LogP contribution in [0.5, 0.6) is 0 Å². The van der Waals surface area contributed by atoms with E-state index < -0.39 is 23.7 Å². The number of nitrogens with zero attached hydrogens (tertiary/aromatic N) is 1. The summed E-state index contributed by atoms with van der Waals surface area (Å²) < 4.78 is 29.4. The fourth-order valence-electron chi connectivity index (χ4n) is 1.45. The van der Waals surface area contributed by atoms with Crippen molar-refractivity contribution in [2.75, 3.05) is 0 Å². The first-order valence-corrected chi connectivity index (χ1v) is 4.67. The lowest BCUT2D eigenvalue weighted by atomic mass is 10.1. The number of carbonyl (C=O) groups is 1. The van der Waals surface area contributed by atoms with Crippen molar-refractivity contribution >= 4 is 5.97 Å². The van der Waals surface area contributed by atoms with Gasteiger partial charge in [0.05, 0.1) is 0 Å². The van der Waals surface area contributed by atoms with Gasteiger partial charge < -0.3 is 9.63 Å². The van der Waals surface area contributed by atoms with E-state index in [1.165, 1.54) is 0 Å². The van der Waals surface area contributed by atoms with E-state index in [9.17, 15) is 13.6 Å². The van der Waals surface area contributed by atoms with Gasteiger partial charge in [-0.2, -0.15) is 0 Å². The summed E-state index contributed by atoms with van der Waals surface area (Å²) in [5.41, 5.74) is -0.264. The van der Waals surface area contributed by atoms with Gasteiger partial charge in [-0.1, -0.05) is 35.5 Å². The fraction of sp³-hybridized carbons (Fsp3) is 0.0909. The SMILES string of the molecule is O=C(O)c1c(-c2ccccc2)noc1C(F)F. The maximum atomic E-state index is 12.5. The molecule has 0 fully saturated rings. The molecule has 0 aliphatic heterocycles. The van der Waals surface area contributed by atoms with Gasteiger partial charge in [-0.25, -0.2) is 13.6 Å². The molecule has 2 aromatic rings. The van der Waals surface area contributed by atoms with Gasteiger partial charge in [0.2, 0.25) is 5.76 Å². The van der Waals surface area contributed by atoms with E-state index in [2.05, 4.69) is 9.68 Å². The van der Waals surface area contributed by atoms with Crippen molar-refractivity contribution in [2.45, 2.75) is 6.43 Å². The van der Waals surface area contributed by atoms with Gasteiger partial charge in [-0.05, 0) is 0 Å². The summed E-state index contributed by atoms with van der Waals surface area (Å²) in [4.78, 5) is 10.9. The smallest absolute Gasteiger partial charge is 0.341 e. The molecule has 17 heavy (non-hydrogen) atoms. The number of alkyl halides is 2. The largest absolute Gasteiger partial charge is 0.477 e. The number of hydrogen-bond donors (Lipinski definition) is 1. The van der Waals surface area contributed by atoms with E-state index in [-0.39, 0.29) is 5.69 Å².